The molecule has 6 heteroatoms. The molecule has 0 aliphatic heterocycles. The van der Waals surface area contributed by atoms with E-state index in [0.717, 1.165) is 44.4 Å². The largest absolute Gasteiger partial charge is 0.477 e. The number of aliphatic hydroxyl groups excluding tert-OH is 2. The van der Waals surface area contributed by atoms with Crippen molar-refractivity contribution in [3.8, 4) is 0 Å². The number of rotatable bonds is 6. The summed E-state index contributed by atoms with van der Waals surface area (Å²) in [5.41, 5.74) is 0.709. The van der Waals surface area contributed by atoms with Crippen LogP contribution < -0.4 is 4.90 Å². The topological polar surface area (TPSA) is 81.0 Å². The lowest BCUT2D eigenvalue weighted by atomic mass is 9.81. The molecule has 3 N–H and O–H groups in total. The van der Waals surface area contributed by atoms with Crippen LogP contribution in [0.1, 0.15) is 98.0 Å². The number of thiophene rings is 1. The number of hydrogen-bond acceptors (Lipinski definition) is 5. The fourth-order valence-corrected chi connectivity index (χ4v) is 8.28. The van der Waals surface area contributed by atoms with Crippen LogP contribution in [0, 0.1) is 23.7 Å². The van der Waals surface area contributed by atoms with Crippen LogP contribution in [0.3, 0.4) is 0 Å². The zero-order valence-corrected chi connectivity index (χ0v) is 19.4. The SMILES string of the molecule is CC1CCC(C(O)N(c2cc(C3CC4CCC3C4)sc2C(=O)O)C2CCC(O)C2)CC1. The molecule has 0 radical (unpaired) electrons. The van der Waals surface area contributed by atoms with Crippen LogP contribution in [-0.2, 0) is 0 Å². The first kappa shape index (κ1) is 21.7. The van der Waals surface area contributed by atoms with Crippen molar-refractivity contribution in [2.45, 2.75) is 102 Å². The van der Waals surface area contributed by atoms with Gasteiger partial charge in [0.15, 0.2) is 0 Å². The van der Waals surface area contributed by atoms with Gasteiger partial charge in [-0.3, -0.25) is 0 Å². The highest BCUT2D eigenvalue weighted by Crippen LogP contribution is 2.55. The third-order valence-corrected chi connectivity index (χ3v) is 10.1. The number of aliphatic hydroxyl groups is 2. The van der Waals surface area contributed by atoms with Crippen LogP contribution in [0.5, 0.6) is 0 Å². The number of fused-ring (bicyclic) bond motifs is 2. The standard InChI is InChI=1S/C25H37NO4S/c1-14-2-5-16(6-3-14)24(28)26(18-8-9-19(27)12-18)21-13-22(31-23(21)25(29)30)20-11-15-4-7-17(20)10-15/h13-20,24,27-28H,2-12H2,1H3,(H,29,30). The first-order valence-electron chi connectivity index (χ1n) is 12.4. The molecule has 1 aromatic heterocycles. The second-order valence-electron chi connectivity index (χ2n) is 10.9. The lowest BCUT2D eigenvalue weighted by molar-refractivity contribution is 0.0630. The van der Waals surface area contributed by atoms with Crippen LogP contribution in [0.15, 0.2) is 6.07 Å². The normalized spacial score (nSPS) is 38.5. The van der Waals surface area contributed by atoms with E-state index in [1.54, 1.807) is 0 Å². The maximum Gasteiger partial charge on any atom is 0.348 e. The zero-order valence-electron chi connectivity index (χ0n) is 18.6. The fraction of sp³-hybridized carbons (Fsp3) is 0.800. The van der Waals surface area contributed by atoms with Gasteiger partial charge in [-0.25, -0.2) is 4.79 Å². The van der Waals surface area contributed by atoms with Crippen molar-refractivity contribution in [3.63, 3.8) is 0 Å². The van der Waals surface area contributed by atoms with Gasteiger partial charge in [0.1, 0.15) is 11.1 Å². The Morgan fingerprint density at radius 1 is 1.06 bits per heavy atom. The average Bonchev–Trinajstić information content (AvgIpc) is 3.53. The smallest absolute Gasteiger partial charge is 0.348 e. The summed E-state index contributed by atoms with van der Waals surface area (Å²) in [5.74, 6) is 1.97. The van der Waals surface area contributed by atoms with Crippen LogP contribution in [0.4, 0.5) is 5.69 Å². The molecule has 0 aromatic carbocycles. The van der Waals surface area contributed by atoms with Gasteiger partial charge in [0.2, 0.25) is 0 Å². The van der Waals surface area contributed by atoms with E-state index in [0.29, 0.717) is 34.7 Å². The Balaban J connectivity index is 1.48. The molecule has 2 bridgehead atoms. The maximum atomic E-state index is 12.3. The van der Waals surface area contributed by atoms with Crippen molar-refractivity contribution in [3.05, 3.63) is 15.8 Å². The van der Waals surface area contributed by atoms with Crippen LogP contribution in [0.25, 0.3) is 0 Å². The van der Waals surface area contributed by atoms with E-state index in [1.807, 2.05) is 4.90 Å². The molecule has 172 valence electrons. The highest BCUT2D eigenvalue weighted by Gasteiger charge is 2.43. The van der Waals surface area contributed by atoms with E-state index >= 15 is 0 Å². The molecule has 0 spiro atoms. The van der Waals surface area contributed by atoms with Crippen molar-refractivity contribution in [1.82, 2.24) is 0 Å². The van der Waals surface area contributed by atoms with Crippen molar-refractivity contribution in [2.24, 2.45) is 23.7 Å². The van der Waals surface area contributed by atoms with Gasteiger partial charge in [0, 0.05) is 16.8 Å². The lowest BCUT2D eigenvalue weighted by Crippen LogP contribution is -2.47. The number of carboxylic acid groups (broad SMARTS) is 1. The molecular formula is C25H37NO4S. The Morgan fingerprint density at radius 2 is 1.84 bits per heavy atom. The van der Waals surface area contributed by atoms with E-state index < -0.39 is 12.2 Å². The van der Waals surface area contributed by atoms with Gasteiger partial charge >= 0.3 is 5.97 Å². The van der Waals surface area contributed by atoms with Crippen molar-refractivity contribution < 1.29 is 20.1 Å². The number of nitrogens with zero attached hydrogens (tertiary/aromatic N) is 1. The van der Waals surface area contributed by atoms with E-state index in [2.05, 4.69) is 13.0 Å². The molecule has 5 nitrogen and oxygen atoms in total. The second kappa shape index (κ2) is 8.68. The highest BCUT2D eigenvalue weighted by molar-refractivity contribution is 7.14. The van der Waals surface area contributed by atoms with Gasteiger partial charge in [-0.05, 0) is 81.1 Å². The van der Waals surface area contributed by atoms with E-state index in [9.17, 15) is 20.1 Å². The van der Waals surface area contributed by atoms with Gasteiger partial charge in [0.25, 0.3) is 0 Å². The van der Waals surface area contributed by atoms with Gasteiger partial charge in [0.05, 0.1) is 11.8 Å². The number of carbonyl (C=O) groups is 1. The Morgan fingerprint density at radius 3 is 2.42 bits per heavy atom. The molecule has 1 heterocycles. The van der Waals surface area contributed by atoms with Crippen molar-refractivity contribution in [2.75, 3.05) is 4.90 Å². The van der Waals surface area contributed by atoms with Crippen molar-refractivity contribution in [1.29, 1.82) is 0 Å². The second-order valence-corrected chi connectivity index (χ2v) is 12.0. The van der Waals surface area contributed by atoms with Gasteiger partial charge in [-0.2, -0.15) is 0 Å². The predicted octanol–water partition coefficient (Wildman–Crippen LogP) is 5.21. The molecule has 4 aliphatic rings. The summed E-state index contributed by atoms with van der Waals surface area (Å²) in [6.45, 7) is 2.27. The third kappa shape index (κ3) is 4.16. The summed E-state index contributed by atoms with van der Waals surface area (Å²) >= 11 is 1.44. The first-order valence-corrected chi connectivity index (χ1v) is 13.2. The summed E-state index contributed by atoms with van der Waals surface area (Å²) in [4.78, 5) is 15.9. The molecular weight excluding hydrogens is 410 g/mol. The highest BCUT2D eigenvalue weighted by atomic mass is 32.1. The Hall–Kier alpha value is -1.11. The number of carboxylic acids is 1. The maximum absolute atomic E-state index is 12.3. The minimum Gasteiger partial charge on any atom is -0.477 e. The Labute approximate surface area is 189 Å². The summed E-state index contributed by atoms with van der Waals surface area (Å²) in [6, 6.07) is 2.11. The zero-order chi connectivity index (χ0) is 21.7. The molecule has 0 amide bonds. The minimum absolute atomic E-state index is 0.00456. The van der Waals surface area contributed by atoms with Crippen LogP contribution in [-0.4, -0.2) is 39.7 Å². The summed E-state index contributed by atoms with van der Waals surface area (Å²) in [7, 11) is 0. The van der Waals surface area contributed by atoms with E-state index in [-0.39, 0.29) is 18.1 Å². The quantitative estimate of drug-likeness (QED) is 0.521. The van der Waals surface area contributed by atoms with Crippen molar-refractivity contribution >= 4 is 23.0 Å². The fourth-order valence-electron chi connectivity index (χ4n) is 7.07. The monoisotopic (exact) mass is 447 g/mol. The molecule has 5 rings (SSSR count). The molecule has 6 atom stereocenters. The average molecular weight is 448 g/mol. The Kier molecular flexibility index (Phi) is 6.08. The van der Waals surface area contributed by atoms with Crippen LogP contribution >= 0.6 is 11.3 Å². The summed E-state index contributed by atoms with van der Waals surface area (Å²) in [6.07, 6.45) is 10.4. The molecule has 1 aromatic rings. The number of hydrogen-bond donors (Lipinski definition) is 3. The third-order valence-electron chi connectivity index (χ3n) is 8.85. The summed E-state index contributed by atoms with van der Waals surface area (Å²) in [5, 5.41) is 31.9. The molecule has 4 saturated carbocycles. The first-order chi connectivity index (χ1) is 14.9. The molecule has 31 heavy (non-hydrogen) atoms. The van der Waals surface area contributed by atoms with Crippen LogP contribution in [0.2, 0.25) is 0 Å². The van der Waals surface area contributed by atoms with Gasteiger partial charge < -0.3 is 20.2 Å². The summed E-state index contributed by atoms with van der Waals surface area (Å²) < 4.78 is 0. The molecule has 0 saturated heterocycles. The van der Waals surface area contributed by atoms with Gasteiger partial charge in [-0.1, -0.05) is 26.2 Å². The van der Waals surface area contributed by atoms with E-state index in [1.165, 1.54) is 41.9 Å². The molecule has 4 aliphatic carbocycles. The molecule has 4 fully saturated rings. The number of aromatic carboxylic acids is 1. The predicted molar refractivity (Wildman–Crippen MR) is 123 cm³/mol. The number of anilines is 1. The van der Waals surface area contributed by atoms with Gasteiger partial charge in [-0.15, -0.1) is 11.3 Å². The Bertz CT molecular complexity index is 801. The minimum atomic E-state index is -0.887. The van der Waals surface area contributed by atoms with E-state index in [4.69, 9.17) is 0 Å². The lowest BCUT2D eigenvalue weighted by Gasteiger charge is -2.41. The molecule has 6 unspecified atom stereocenters.